The van der Waals surface area contributed by atoms with E-state index in [4.69, 9.17) is 5.21 Å². The van der Waals surface area contributed by atoms with Gasteiger partial charge in [0, 0.05) is 12.7 Å². The molecule has 0 radical (unpaired) electrons. The molecule has 2 atom stereocenters. The molecule has 2 N–H and O–H groups in total. The normalized spacial score (nSPS) is 19.7. The Balaban J connectivity index is 0.000000237. The molecule has 3 amide bonds. The van der Waals surface area contributed by atoms with E-state index in [1.807, 2.05) is 6.92 Å². The fourth-order valence-electron chi connectivity index (χ4n) is 3.56. The lowest BCUT2D eigenvalue weighted by Gasteiger charge is -2.18. The topological polar surface area (TPSA) is 116 Å². The maximum Gasteiger partial charge on any atom is 0.248 e. The highest BCUT2D eigenvalue weighted by Crippen LogP contribution is 2.54. The van der Waals surface area contributed by atoms with Crippen LogP contribution < -0.4 is 5.32 Å². The minimum absolute atomic E-state index is 0.162. The number of hydrogen-bond donors (Lipinski definition) is 2. The monoisotopic (exact) mass is 405 g/mol. The van der Waals surface area contributed by atoms with Gasteiger partial charge < -0.3 is 10.2 Å². The first-order valence-electron chi connectivity index (χ1n) is 10.1. The van der Waals surface area contributed by atoms with Crippen molar-refractivity contribution in [3.8, 4) is 0 Å². The molecule has 2 heterocycles. The van der Waals surface area contributed by atoms with Crippen molar-refractivity contribution >= 4 is 24.5 Å². The van der Waals surface area contributed by atoms with E-state index in [0.29, 0.717) is 36.3 Å². The Bertz CT molecular complexity index is 668. The smallest absolute Gasteiger partial charge is 0.248 e. The number of nitrogens with zero attached hydrogens (tertiary/aromatic N) is 4. The first-order valence-corrected chi connectivity index (χ1v) is 10.1. The molecule has 9 nitrogen and oxygen atoms in total. The Hall–Kier alpha value is -2.55. The van der Waals surface area contributed by atoms with Crippen LogP contribution in [0.1, 0.15) is 52.4 Å². The summed E-state index contributed by atoms with van der Waals surface area (Å²) in [6.07, 6.45) is 10.6. The van der Waals surface area contributed by atoms with Crippen LogP contribution >= 0.6 is 0 Å². The van der Waals surface area contributed by atoms with E-state index in [1.165, 1.54) is 6.33 Å². The summed E-state index contributed by atoms with van der Waals surface area (Å²) in [6.45, 7) is 5.31. The second kappa shape index (κ2) is 10.8. The second-order valence-corrected chi connectivity index (χ2v) is 8.06. The lowest BCUT2D eigenvalue weighted by Crippen LogP contribution is -2.38. The fourth-order valence-corrected chi connectivity index (χ4v) is 3.56. The van der Waals surface area contributed by atoms with E-state index in [0.717, 1.165) is 44.9 Å². The third kappa shape index (κ3) is 7.08. The van der Waals surface area contributed by atoms with Gasteiger partial charge >= 0.3 is 0 Å². The number of anilines is 1. The van der Waals surface area contributed by atoms with Crippen LogP contribution in [0.3, 0.4) is 0 Å². The van der Waals surface area contributed by atoms with Gasteiger partial charge in [-0.05, 0) is 43.1 Å². The van der Waals surface area contributed by atoms with Crippen molar-refractivity contribution in [3.63, 3.8) is 0 Å². The number of amides is 3. The summed E-state index contributed by atoms with van der Waals surface area (Å²) in [5.41, 5.74) is 0.217. The fraction of sp³-hybridized carbons (Fsp3) is 0.650. The summed E-state index contributed by atoms with van der Waals surface area (Å²) in [4.78, 5) is 42.5. The van der Waals surface area contributed by atoms with Gasteiger partial charge in [0.05, 0.1) is 6.54 Å². The van der Waals surface area contributed by atoms with E-state index in [9.17, 15) is 14.4 Å². The minimum Gasteiger partial charge on any atom is -0.333 e. The average molecular weight is 405 g/mol. The molecule has 1 spiro atoms. The van der Waals surface area contributed by atoms with Gasteiger partial charge in [0.2, 0.25) is 18.7 Å². The highest BCUT2D eigenvalue weighted by molar-refractivity contribution is 5.95. The van der Waals surface area contributed by atoms with Gasteiger partial charge in [0.15, 0.2) is 0 Å². The number of nitrogens with one attached hydrogen (secondary N) is 1. The Morgan fingerprint density at radius 1 is 1.48 bits per heavy atom. The number of likely N-dealkylation sites (tertiary alicyclic amines) is 1. The van der Waals surface area contributed by atoms with Crippen LogP contribution in [0.5, 0.6) is 0 Å². The van der Waals surface area contributed by atoms with Crippen LogP contribution in [0.15, 0.2) is 18.6 Å². The number of hydrogen-bond acceptors (Lipinski definition) is 6. The summed E-state index contributed by atoms with van der Waals surface area (Å²) in [7, 11) is 0. The number of hydroxylamine groups is 2. The third-order valence-electron chi connectivity index (χ3n) is 5.44. The van der Waals surface area contributed by atoms with Crippen LogP contribution in [-0.2, 0) is 14.4 Å². The molecule has 1 aromatic rings. The Kier molecular flexibility index (Phi) is 8.50. The zero-order valence-electron chi connectivity index (χ0n) is 17.2. The second-order valence-electron chi connectivity index (χ2n) is 8.06. The largest absolute Gasteiger partial charge is 0.333 e. The number of carbonyl (C=O) groups excluding carboxylic acids is 3. The Morgan fingerprint density at radius 2 is 2.24 bits per heavy atom. The first-order chi connectivity index (χ1) is 13.9. The van der Waals surface area contributed by atoms with Gasteiger partial charge in [-0.3, -0.25) is 19.6 Å². The van der Waals surface area contributed by atoms with Crippen LogP contribution in [-0.4, -0.2) is 63.0 Å². The van der Waals surface area contributed by atoms with Crippen LogP contribution in [0.4, 0.5) is 5.82 Å². The van der Waals surface area contributed by atoms with Gasteiger partial charge in [0.25, 0.3) is 0 Å². The molecule has 160 valence electrons. The van der Waals surface area contributed by atoms with Crippen molar-refractivity contribution in [3.05, 3.63) is 18.6 Å². The van der Waals surface area contributed by atoms with E-state index < -0.39 is 0 Å². The van der Waals surface area contributed by atoms with Crippen LogP contribution in [0.2, 0.25) is 0 Å². The molecule has 9 heteroatoms. The number of aromatic nitrogens is 2. The summed E-state index contributed by atoms with van der Waals surface area (Å²) < 4.78 is 0. The first kappa shape index (κ1) is 22.7. The molecule has 1 saturated heterocycles. The lowest BCUT2D eigenvalue weighted by atomic mass is 10.0. The molecule has 29 heavy (non-hydrogen) atoms. The van der Waals surface area contributed by atoms with E-state index >= 15 is 0 Å². The van der Waals surface area contributed by atoms with Crippen molar-refractivity contribution in [1.29, 1.82) is 0 Å². The molecule has 1 aliphatic heterocycles. The van der Waals surface area contributed by atoms with Gasteiger partial charge in [-0.2, -0.15) is 0 Å². The van der Waals surface area contributed by atoms with Crippen molar-refractivity contribution in [2.75, 3.05) is 18.4 Å². The molecule has 0 bridgehead atoms. The molecule has 1 aromatic heterocycles. The Labute approximate surface area is 171 Å². The van der Waals surface area contributed by atoms with Crippen molar-refractivity contribution in [1.82, 2.24) is 19.9 Å². The summed E-state index contributed by atoms with van der Waals surface area (Å²) >= 11 is 0. The summed E-state index contributed by atoms with van der Waals surface area (Å²) in [5, 5.41) is 12.2. The van der Waals surface area contributed by atoms with Crippen molar-refractivity contribution < 1.29 is 19.6 Å². The van der Waals surface area contributed by atoms with Gasteiger partial charge in [-0.1, -0.05) is 26.7 Å². The standard InChI is InChI=1S/C12H14N4O2.C8H17NO2/c17-8-16-6-12(2-3-12)5-9(16)11(18)15-10-1-4-13-7-14-10;1-3-4-5-8(2)6-9(11)7-10/h1,4,7-9H,2-3,5-6H2,(H,13,14,15,18);7-8,11H,3-6H2,1-2H3. The zero-order valence-corrected chi connectivity index (χ0v) is 17.2. The molecule has 2 fully saturated rings. The molecule has 0 aromatic carbocycles. The Morgan fingerprint density at radius 3 is 2.79 bits per heavy atom. The molecule has 1 saturated carbocycles. The molecular formula is C20H31N5O4. The highest BCUT2D eigenvalue weighted by Gasteiger charge is 2.53. The maximum atomic E-state index is 12.1. The van der Waals surface area contributed by atoms with Gasteiger partial charge in [-0.25, -0.2) is 15.0 Å². The third-order valence-corrected chi connectivity index (χ3v) is 5.44. The predicted octanol–water partition coefficient (Wildman–Crippen LogP) is 2.09. The molecular weight excluding hydrogens is 374 g/mol. The number of unbranched alkanes of at least 4 members (excludes halogenated alkanes) is 1. The SMILES string of the molecule is CCCCC(C)CN(O)C=O.O=CN1CC2(CC2)CC1C(=O)Nc1ccncn1. The highest BCUT2D eigenvalue weighted by atomic mass is 16.5. The van der Waals surface area contributed by atoms with E-state index in [1.54, 1.807) is 17.2 Å². The van der Waals surface area contributed by atoms with E-state index in [-0.39, 0.29) is 17.4 Å². The summed E-state index contributed by atoms with van der Waals surface area (Å²) in [5.74, 6) is 0.701. The van der Waals surface area contributed by atoms with Gasteiger partial charge in [0.1, 0.15) is 18.2 Å². The lowest BCUT2D eigenvalue weighted by molar-refractivity contribution is -0.152. The average Bonchev–Trinajstić information content (AvgIpc) is 3.37. The maximum absolute atomic E-state index is 12.1. The van der Waals surface area contributed by atoms with Gasteiger partial charge in [-0.15, -0.1) is 0 Å². The summed E-state index contributed by atoms with van der Waals surface area (Å²) in [6, 6.07) is 1.27. The quantitative estimate of drug-likeness (QED) is 0.369. The minimum atomic E-state index is -0.361. The van der Waals surface area contributed by atoms with Crippen molar-refractivity contribution in [2.45, 2.75) is 58.4 Å². The number of rotatable bonds is 9. The zero-order chi connectivity index (χ0) is 21.3. The molecule has 3 rings (SSSR count). The van der Waals surface area contributed by atoms with E-state index in [2.05, 4.69) is 22.2 Å². The predicted molar refractivity (Wildman–Crippen MR) is 107 cm³/mol. The van der Waals surface area contributed by atoms with Crippen LogP contribution in [0.25, 0.3) is 0 Å². The van der Waals surface area contributed by atoms with Crippen LogP contribution in [0, 0.1) is 11.3 Å². The van der Waals surface area contributed by atoms with Crippen molar-refractivity contribution in [2.24, 2.45) is 11.3 Å². The molecule has 1 aliphatic carbocycles. The molecule has 2 aliphatic rings. The molecule has 2 unspecified atom stereocenters. The number of carbonyl (C=O) groups is 3.